The second kappa shape index (κ2) is 7.34. The van der Waals surface area contributed by atoms with Crippen LogP contribution in [-0.4, -0.2) is 13.7 Å². The molecule has 0 aliphatic carbocycles. The van der Waals surface area contributed by atoms with E-state index in [4.69, 9.17) is 38.4 Å². The first-order valence-electron chi connectivity index (χ1n) is 7.00. The Balaban J connectivity index is 2.47. The van der Waals surface area contributed by atoms with E-state index in [0.717, 1.165) is 11.1 Å². The van der Waals surface area contributed by atoms with Crippen molar-refractivity contribution in [2.24, 2.45) is 0 Å². The predicted octanol–water partition coefficient (Wildman–Crippen LogP) is 4.65. The van der Waals surface area contributed by atoms with Gasteiger partial charge in [-0.3, -0.25) is 0 Å². The number of halogens is 2. The molecule has 0 saturated heterocycles. The molecule has 0 heterocycles. The molecule has 0 bridgehead atoms. The summed E-state index contributed by atoms with van der Waals surface area (Å²) in [6, 6.07) is 12.9. The smallest absolute Gasteiger partial charge is 0.200 e. The Kier molecular flexibility index (Phi) is 5.70. The summed E-state index contributed by atoms with van der Waals surface area (Å²) in [4.78, 5) is 0. The van der Waals surface area contributed by atoms with Gasteiger partial charge in [0.25, 0.3) is 0 Å². The summed E-state index contributed by atoms with van der Waals surface area (Å²) in [6.45, 7) is 2.39. The fraction of sp³-hybridized carbons (Fsp3) is 0.294. The van der Waals surface area contributed by atoms with Crippen LogP contribution in [0, 0.1) is 0 Å². The van der Waals surface area contributed by atoms with Crippen LogP contribution >= 0.6 is 23.2 Å². The van der Waals surface area contributed by atoms with Crippen LogP contribution in [0.1, 0.15) is 18.1 Å². The lowest BCUT2D eigenvalue weighted by molar-refractivity contribution is -0.228. The van der Waals surface area contributed by atoms with Crippen LogP contribution < -0.4 is 5.73 Å². The molecule has 2 N–H and O–H groups in total. The molecule has 0 aromatic heterocycles. The molecule has 2 rings (SSSR count). The lowest BCUT2D eigenvalue weighted by Gasteiger charge is -2.33. The summed E-state index contributed by atoms with van der Waals surface area (Å²) in [5.74, 6) is -0.982. The standard InChI is InChI=1S/C17H19Cl2NO2/c1-3-22-17(21-2,11-12-5-4-6-14(20)9-12)15-8-7-13(18)10-16(15)19/h4-10H,3,11,20H2,1-2H3. The minimum absolute atomic E-state index is 0.481. The van der Waals surface area contributed by atoms with Gasteiger partial charge in [-0.25, -0.2) is 0 Å². The Hall–Kier alpha value is -1.26. The van der Waals surface area contributed by atoms with Crippen molar-refractivity contribution in [3.63, 3.8) is 0 Å². The molecule has 2 aromatic rings. The van der Waals surface area contributed by atoms with E-state index in [1.807, 2.05) is 37.3 Å². The predicted molar refractivity (Wildman–Crippen MR) is 91.3 cm³/mol. The van der Waals surface area contributed by atoms with Gasteiger partial charge in [0.1, 0.15) is 0 Å². The minimum atomic E-state index is -0.982. The first-order chi connectivity index (χ1) is 10.5. The molecule has 22 heavy (non-hydrogen) atoms. The lowest BCUT2D eigenvalue weighted by atomic mass is 9.96. The molecule has 0 aliphatic heterocycles. The highest BCUT2D eigenvalue weighted by molar-refractivity contribution is 6.35. The van der Waals surface area contributed by atoms with Crippen molar-refractivity contribution in [1.29, 1.82) is 0 Å². The highest BCUT2D eigenvalue weighted by atomic mass is 35.5. The van der Waals surface area contributed by atoms with Gasteiger partial charge in [0, 0.05) is 36.4 Å². The Labute approximate surface area is 140 Å². The summed E-state index contributed by atoms with van der Waals surface area (Å²) in [6.07, 6.45) is 0.490. The van der Waals surface area contributed by atoms with Crippen molar-refractivity contribution in [2.75, 3.05) is 19.5 Å². The van der Waals surface area contributed by atoms with Crippen LogP contribution in [0.5, 0.6) is 0 Å². The maximum atomic E-state index is 6.36. The molecule has 0 saturated carbocycles. The van der Waals surface area contributed by atoms with Crippen molar-refractivity contribution in [1.82, 2.24) is 0 Å². The molecule has 3 nitrogen and oxygen atoms in total. The van der Waals surface area contributed by atoms with Gasteiger partial charge >= 0.3 is 0 Å². The van der Waals surface area contributed by atoms with E-state index in [9.17, 15) is 0 Å². The van der Waals surface area contributed by atoms with E-state index in [0.29, 0.717) is 28.8 Å². The maximum Gasteiger partial charge on any atom is 0.200 e. The van der Waals surface area contributed by atoms with Gasteiger partial charge in [0.05, 0.1) is 5.02 Å². The van der Waals surface area contributed by atoms with Crippen molar-refractivity contribution in [3.05, 3.63) is 63.6 Å². The third-order valence-corrected chi connectivity index (χ3v) is 3.98. The zero-order valence-electron chi connectivity index (χ0n) is 12.6. The Morgan fingerprint density at radius 3 is 2.50 bits per heavy atom. The van der Waals surface area contributed by atoms with Crippen molar-refractivity contribution >= 4 is 28.9 Å². The van der Waals surface area contributed by atoms with Crippen LogP contribution in [0.2, 0.25) is 10.0 Å². The second-order valence-electron chi connectivity index (χ2n) is 4.94. The first kappa shape index (κ1) is 17.1. The number of ether oxygens (including phenoxy) is 2. The lowest BCUT2D eigenvalue weighted by Crippen LogP contribution is -2.35. The number of nitrogen functional groups attached to an aromatic ring is 1. The molecular formula is C17H19Cl2NO2. The highest BCUT2D eigenvalue weighted by Crippen LogP contribution is 2.37. The van der Waals surface area contributed by atoms with E-state index in [1.165, 1.54) is 0 Å². The second-order valence-corrected chi connectivity index (χ2v) is 5.78. The number of nitrogens with two attached hydrogens (primary N) is 1. The normalized spacial score (nSPS) is 13.8. The molecule has 0 radical (unpaired) electrons. The van der Waals surface area contributed by atoms with Crippen LogP contribution in [-0.2, 0) is 21.7 Å². The fourth-order valence-corrected chi connectivity index (χ4v) is 3.02. The molecule has 0 fully saturated rings. The fourth-order valence-electron chi connectivity index (χ4n) is 2.47. The van der Waals surface area contributed by atoms with Gasteiger partial charge < -0.3 is 15.2 Å². The minimum Gasteiger partial charge on any atom is -0.399 e. The summed E-state index contributed by atoms with van der Waals surface area (Å²) in [5, 5.41) is 1.07. The van der Waals surface area contributed by atoms with Crippen molar-refractivity contribution in [2.45, 2.75) is 19.1 Å². The van der Waals surface area contributed by atoms with E-state index >= 15 is 0 Å². The highest BCUT2D eigenvalue weighted by Gasteiger charge is 2.35. The van der Waals surface area contributed by atoms with Gasteiger partial charge in [-0.15, -0.1) is 0 Å². The number of anilines is 1. The van der Waals surface area contributed by atoms with Gasteiger partial charge in [0.2, 0.25) is 0 Å². The van der Waals surface area contributed by atoms with Gasteiger partial charge in [-0.2, -0.15) is 0 Å². The number of benzene rings is 2. The molecule has 2 aromatic carbocycles. The van der Waals surface area contributed by atoms with Crippen molar-refractivity contribution in [3.8, 4) is 0 Å². The summed E-state index contributed by atoms with van der Waals surface area (Å²) in [7, 11) is 1.60. The van der Waals surface area contributed by atoms with E-state index in [2.05, 4.69) is 0 Å². The van der Waals surface area contributed by atoms with E-state index < -0.39 is 5.79 Å². The number of hydrogen-bond donors (Lipinski definition) is 1. The zero-order valence-corrected chi connectivity index (χ0v) is 14.1. The third kappa shape index (κ3) is 3.73. The quantitative estimate of drug-likeness (QED) is 0.615. The van der Waals surface area contributed by atoms with Crippen LogP contribution in [0.4, 0.5) is 5.69 Å². The Bertz CT molecular complexity index is 648. The first-order valence-corrected chi connectivity index (χ1v) is 7.75. The Morgan fingerprint density at radius 2 is 1.91 bits per heavy atom. The average Bonchev–Trinajstić information content (AvgIpc) is 2.47. The number of hydrogen-bond acceptors (Lipinski definition) is 3. The molecule has 0 amide bonds. The Morgan fingerprint density at radius 1 is 1.14 bits per heavy atom. The average molecular weight is 340 g/mol. The molecule has 0 aliphatic rings. The summed E-state index contributed by atoms with van der Waals surface area (Å²) >= 11 is 12.3. The van der Waals surface area contributed by atoms with E-state index in [1.54, 1.807) is 19.2 Å². The summed E-state index contributed by atoms with van der Waals surface area (Å²) < 4.78 is 11.7. The monoisotopic (exact) mass is 339 g/mol. The summed E-state index contributed by atoms with van der Waals surface area (Å²) in [5.41, 5.74) is 8.29. The molecule has 0 spiro atoms. The maximum absolute atomic E-state index is 6.36. The van der Waals surface area contributed by atoms with Crippen LogP contribution in [0.25, 0.3) is 0 Å². The molecule has 5 heteroatoms. The van der Waals surface area contributed by atoms with Gasteiger partial charge in [-0.05, 0) is 36.8 Å². The SMILES string of the molecule is CCOC(Cc1cccc(N)c1)(OC)c1ccc(Cl)cc1Cl. The van der Waals surface area contributed by atoms with Crippen molar-refractivity contribution < 1.29 is 9.47 Å². The topological polar surface area (TPSA) is 44.5 Å². The van der Waals surface area contributed by atoms with Crippen LogP contribution in [0.3, 0.4) is 0 Å². The number of rotatable bonds is 6. The molecule has 1 unspecified atom stereocenters. The molecular weight excluding hydrogens is 321 g/mol. The van der Waals surface area contributed by atoms with E-state index in [-0.39, 0.29) is 0 Å². The van der Waals surface area contributed by atoms with Crippen LogP contribution in [0.15, 0.2) is 42.5 Å². The number of methoxy groups -OCH3 is 1. The molecule has 1 atom stereocenters. The van der Waals surface area contributed by atoms with Gasteiger partial charge in [0.15, 0.2) is 5.79 Å². The zero-order chi connectivity index (χ0) is 16.2. The largest absolute Gasteiger partial charge is 0.399 e. The van der Waals surface area contributed by atoms with Gasteiger partial charge in [-0.1, -0.05) is 41.4 Å². The molecule has 118 valence electrons. The third-order valence-electron chi connectivity index (χ3n) is 3.44.